The highest BCUT2D eigenvalue weighted by atomic mass is 19.3. The van der Waals surface area contributed by atoms with Gasteiger partial charge in [-0.25, -0.2) is 4.98 Å². The maximum absolute atomic E-state index is 13.1. The number of aliphatic hydroxyl groups excluding tert-OH is 1. The molecule has 0 bridgehead atoms. The van der Waals surface area contributed by atoms with E-state index in [2.05, 4.69) is 21.4 Å². The van der Waals surface area contributed by atoms with Crippen molar-refractivity contribution in [3.05, 3.63) is 47.4 Å². The molecule has 2 aromatic rings. The fraction of sp³-hybridized carbons (Fsp3) is 0.417. The third-order valence-electron chi connectivity index (χ3n) is 5.49. The van der Waals surface area contributed by atoms with Gasteiger partial charge in [-0.2, -0.15) is 14.0 Å². The van der Waals surface area contributed by atoms with E-state index in [9.17, 15) is 19.1 Å². The van der Waals surface area contributed by atoms with E-state index >= 15 is 0 Å². The number of imidazole rings is 1. The lowest BCUT2D eigenvalue weighted by Crippen LogP contribution is -2.21. The van der Waals surface area contributed by atoms with E-state index in [0.29, 0.717) is 46.6 Å². The summed E-state index contributed by atoms with van der Waals surface area (Å²) in [7, 11) is 1.48. The van der Waals surface area contributed by atoms with Gasteiger partial charge >= 0.3 is 6.61 Å². The summed E-state index contributed by atoms with van der Waals surface area (Å²) in [6.07, 6.45) is 8.86. The van der Waals surface area contributed by atoms with Crippen LogP contribution in [0.1, 0.15) is 38.1 Å². The largest absolute Gasteiger partial charge is 0.496 e. The molecule has 1 saturated carbocycles. The molecular weight excluding hydrogens is 430 g/mol. The molecule has 1 fully saturated rings. The number of rotatable bonds is 11. The van der Waals surface area contributed by atoms with Gasteiger partial charge in [0.05, 0.1) is 37.2 Å². The number of hydrogen-bond acceptors (Lipinski definition) is 6. The predicted octanol–water partition coefficient (Wildman–Crippen LogP) is 4.42. The zero-order valence-electron chi connectivity index (χ0n) is 18.9. The van der Waals surface area contributed by atoms with Gasteiger partial charge < -0.3 is 24.9 Å². The fourth-order valence-electron chi connectivity index (χ4n) is 3.33. The molecule has 176 valence electrons. The number of methoxy groups -OCH3 is 1. The molecule has 1 aromatic carbocycles. The van der Waals surface area contributed by atoms with Crippen LogP contribution in [0.25, 0.3) is 17.3 Å². The number of nitrogens with one attached hydrogen (secondary N) is 2. The highest BCUT2D eigenvalue weighted by molar-refractivity contribution is 5.68. The Morgan fingerprint density at radius 3 is 2.73 bits per heavy atom. The molecule has 0 aliphatic heterocycles. The zero-order chi connectivity index (χ0) is 24.0. The first-order valence-electron chi connectivity index (χ1n) is 10.6. The highest BCUT2D eigenvalue weighted by Gasteiger charge is 2.27. The Balaban J connectivity index is 1.98. The third-order valence-corrected chi connectivity index (χ3v) is 5.49. The second-order valence-electron chi connectivity index (χ2n) is 8.07. The van der Waals surface area contributed by atoms with Crippen LogP contribution in [-0.4, -0.2) is 41.4 Å². The summed E-state index contributed by atoms with van der Waals surface area (Å²) >= 11 is 0. The molecule has 7 nitrogen and oxygen atoms in total. The number of ether oxygens (including phenoxy) is 2. The molecule has 0 radical (unpaired) electrons. The van der Waals surface area contributed by atoms with E-state index in [0.717, 1.165) is 12.8 Å². The molecule has 1 atom stereocenters. The Hall–Kier alpha value is -3.22. The summed E-state index contributed by atoms with van der Waals surface area (Å²) in [4.78, 5) is 7.46. The quantitative estimate of drug-likeness (QED) is 0.431. The van der Waals surface area contributed by atoms with Crippen LogP contribution in [0.3, 0.4) is 0 Å². The minimum absolute atomic E-state index is 0.0335. The van der Waals surface area contributed by atoms with Crippen LogP contribution in [0.15, 0.2) is 36.1 Å². The van der Waals surface area contributed by atoms with E-state index in [1.165, 1.54) is 13.2 Å². The monoisotopic (exact) mass is 458 g/mol. The fourth-order valence-corrected chi connectivity index (χ4v) is 3.33. The number of allylic oxidation sites excluding steroid dienone is 2. The van der Waals surface area contributed by atoms with E-state index < -0.39 is 12.0 Å². The molecule has 33 heavy (non-hydrogen) atoms. The van der Waals surface area contributed by atoms with Gasteiger partial charge in [0.25, 0.3) is 0 Å². The highest BCUT2D eigenvalue weighted by Crippen LogP contribution is 2.36. The molecular formula is C24H28F2N4O3. The molecule has 1 aromatic heterocycles. The van der Waals surface area contributed by atoms with Crippen molar-refractivity contribution in [3.63, 3.8) is 0 Å². The SMILES string of the molecule is C/C=C\C(=C/c1ncc(-c2cc(OC)c(CNC3CC3)c(OC(F)F)c2)[nH]1)C(C)(C#N)CO. The van der Waals surface area contributed by atoms with Crippen LogP contribution < -0.4 is 14.8 Å². The lowest BCUT2D eigenvalue weighted by atomic mass is 9.83. The number of hydrogen-bond donors (Lipinski definition) is 3. The maximum Gasteiger partial charge on any atom is 0.387 e. The molecule has 0 spiro atoms. The summed E-state index contributed by atoms with van der Waals surface area (Å²) in [5.74, 6) is 0.906. The van der Waals surface area contributed by atoms with Gasteiger partial charge in [-0.05, 0) is 50.5 Å². The lowest BCUT2D eigenvalue weighted by Gasteiger charge is -2.19. The molecule has 1 aliphatic carbocycles. The Labute approximate surface area is 191 Å². The topological polar surface area (TPSA) is 103 Å². The molecule has 3 rings (SSSR count). The van der Waals surface area contributed by atoms with Crippen molar-refractivity contribution >= 4 is 6.08 Å². The van der Waals surface area contributed by atoms with Gasteiger partial charge in [0.1, 0.15) is 22.7 Å². The lowest BCUT2D eigenvalue weighted by molar-refractivity contribution is -0.0505. The molecule has 3 N–H and O–H groups in total. The summed E-state index contributed by atoms with van der Waals surface area (Å²) < 4.78 is 36.5. The van der Waals surface area contributed by atoms with Crippen LogP contribution in [0.2, 0.25) is 0 Å². The minimum atomic E-state index is -2.98. The zero-order valence-corrected chi connectivity index (χ0v) is 18.9. The average Bonchev–Trinajstić information content (AvgIpc) is 3.52. The summed E-state index contributed by atoms with van der Waals surface area (Å²) in [6.45, 7) is 0.474. The molecule has 9 heteroatoms. The van der Waals surface area contributed by atoms with Crippen molar-refractivity contribution in [3.8, 4) is 28.8 Å². The van der Waals surface area contributed by atoms with Gasteiger partial charge in [0.2, 0.25) is 0 Å². The van der Waals surface area contributed by atoms with Crippen LogP contribution in [0, 0.1) is 16.7 Å². The van der Waals surface area contributed by atoms with E-state index in [1.54, 1.807) is 37.4 Å². The van der Waals surface area contributed by atoms with E-state index in [1.807, 2.05) is 6.92 Å². The number of nitrogens with zero attached hydrogens (tertiary/aromatic N) is 2. The minimum Gasteiger partial charge on any atom is -0.496 e. The number of alkyl halides is 2. The summed E-state index contributed by atoms with van der Waals surface area (Å²) in [5.41, 5.74) is 1.12. The summed E-state index contributed by atoms with van der Waals surface area (Å²) in [5, 5.41) is 22.5. The van der Waals surface area contributed by atoms with Crippen molar-refractivity contribution in [2.75, 3.05) is 13.7 Å². The van der Waals surface area contributed by atoms with Crippen LogP contribution >= 0.6 is 0 Å². The molecule has 1 aliphatic rings. The first kappa shape index (κ1) is 24.4. The number of aromatic amines is 1. The second-order valence-corrected chi connectivity index (χ2v) is 8.07. The Morgan fingerprint density at radius 1 is 1.42 bits per heavy atom. The summed E-state index contributed by atoms with van der Waals surface area (Å²) in [6, 6.07) is 5.78. The Kier molecular flexibility index (Phi) is 7.84. The number of H-pyrrole nitrogens is 1. The Morgan fingerprint density at radius 2 is 2.15 bits per heavy atom. The smallest absolute Gasteiger partial charge is 0.387 e. The number of nitriles is 1. The number of aliphatic hydroxyl groups is 1. The standard InChI is InChI=1S/C24H28F2N4O3/c1-4-5-16(24(2,13-27)14-31)10-22-29-12-19(30-22)15-8-20(32-3)18(11-28-17-6-7-17)21(9-15)33-23(25)26/h4-5,8-10,12,17,23,28,31H,6-7,11,14H2,1-3H3,(H,29,30)/b5-4-,16-10+. The normalized spacial score (nSPS) is 16.1. The molecule has 1 unspecified atom stereocenters. The van der Waals surface area contributed by atoms with Crippen LogP contribution in [0.4, 0.5) is 8.78 Å². The van der Waals surface area contributed by atoms with Crippen LogP contribution in [-0.2, 0) is 6.54 Å². The van der Waals surface area contributed by atoms with Gasteiger partial charge in [-0.3, -0.25) is 0 Å². The second kappa shape index (κ2) is 10.6. The third kappa shape index (κ3) is 5.97. The molecule has 0 saturated heterocycles. The van der Waals surface area contributed by atoms with E-state index in [-0.39, 0.29) is 12.4 Å². The first-order chi connectivity index (χ1) is 15.8. The maximum atomic E-state index is 13.1. The van der Waals surface area contributed by atoms with Gasteiger partial charge in [0.15, 0.2) is 0 Å². The van der Waals surface area contributed by atoms with Gasteiger partial charge in [0, 0.05) is 18.2 Å². The number of benzene rings is 1. The number of aromatic nitrogens is 2. The molecule has 1 heterocycles. The Bertz CT molecular complexity index is 1070. The van der Waals surface area contributed by atoms with Crippen molar-refractivity contribution in [2.24, 2.45) is 5.41 Å². The van der Waals surface area contributed by atoms with Crippen molar-refractivity contribution in [2.45, 2.75) is 45.9 Å². The average molecular weight is 459 g/mol. The van der Waals surface area contributed by atoms with Crippen molar-refractivity contribution < 1.29 is 23.4 Å². The predicted molar refractivity (Wildman–Crippen MR) is 121 cm³/mol. The first-order valence-corrected chi connectivity index (χ1v) is 10.6. The van der Waals surface area contributed by atoms with Crippen molar-refractivity contribution in [1.82, 2.24) is 15.3 Å². The number of halogens is 2. The van der Waals surface area contributed by atoms with Crippen LogP contribution in [0.5, 0.6) is 11.5 Å². The van der Waals surface area contributed by atoms with Gasteiger partial charge in [-0.15, -0.1) is 0 Å². The van der Waals surface area contributed by atoms with Gasteiger partial charge in [-0.1, -0.05) is 12.2 Å². The molecule has 0 amide bonds. The van der Waals surface area contributed by atoms with Crippen molar-refractivity contribution in [1.29, 1.82) is 5.26 Å². The van der Waals surface area contributed by atoms with E-state index in [4.69, 9.17) is 9.47 Å².